The molecular weight excluding hydrogens is 130 g/mol. The first-order valence-electron chi connectivity index (χ1n) is 3.67. The SMILES string of the molecule is NC[C@@H]1CC[C@@H](C(=O)O)C1. The molecular formula is C7H13NO2. The fourth-order valence-corrected chi connectivity index (χ4v) is 1.51. The predicted octanol–water partition coefficient (Wildman–Crippen LogP) is 0.446. The van der Waals surface area contributed by atoms with Crippen LogP contribution in [0.3, 0.4) is 0 Å². The molecule has 1 fully saturated rings. The third kappa shape index (κ3) is 1.48. The van der Waals surface area contributed by atoms with E-state index in [2.05, 4.69) is 0 Å². The zero-order valence-corrected chi connectivity index (χ0v) is 5.92. The zero-order valence-electron chi connectivity index (χ0n) is 5.92. The van der Waals surface area contributed by atoms with Crippen LogP contribution in [-0.4, -0.2) is 17.6 Å². The lowest BCUT2D eigenvalue weighted by molar-refractivity contribution is -0.141. The van der Waals surface area contributed by atoms with E-state index in [1.807, 2.05) is 0 Å². The first-order valence-corrected chi connectivity index (χ1v) is 3.67. The molecule has 1 saturated carbocycles. The number of carboxylic acids is 1. The molecule has 0 aromatic rings. The predicted molar refractivity (Wildman–Crippen MR) is 37.5 cm³/mol. The minimum absolute atomic E-state index is 0.117. The van der Waals surface area contributed by atoms with E-state index in [1.54, 1.807) is 0 Å². The molecule has 1 aliphatic rings. The van der Waals surface area contributed by atoms with Crippen molar-refractivity contribution in [1.29, 1.82) is 0 Å². The molecule has 0 radical (unpaired) electrons. The Labute approximate surface area is 60.2 Å². The smallest absolute Gasteiger partial charge is 0.306 e. The number of nitrogens with two attached hydrogens (primary N) is 1. The van der Waals surface area contributed by atoms with E-state index in [4.69, 9.17) is 10.8 Å². The molecule has 0 amide bonds. The molecule has 0 unspecified atom stereocenters. The van der Waals surface area contributed by atoms with Crippen LogP contribution in [-0.2, 0) is 4.79 Å². The Balaban J connectivity index is 2.35. The average molecular weight is 143 g/mol. The summed E-state index contributed by atoms with van der Waals surface area (Å²) in [6, 6.07) is 0. The van der Waals surface area contributed by atoms with Crippen molar-refractivity contribution in [3.8, 4) is 0 Å². The minimum Gasteiger partial charge on any atom is -0.481 e. The van der Waals surface area contributed by atoms with Crippen molar-refractivity contribution < 1.29 is 9.90 Å². The van der Waals surface area contributed by atoms with Crippen LogP contribution in [0, 0.1) is 11.8 Å². The molecule has 1 rings (SSSR count). The lowest BCUT2D eigenvalue weighted by atomic mass is 10.1. The molecule has 1 aliphatic carbocycles. The summed E-state index contributed by atoms with van der Waals surface area (Å²) < 4.78 is 0. The van der Waals surface area contributed by atoms with Crippen molar-refractivity contribution in [2.75, 3.05) is 6.54 Å². The Bertz CT molecular complexity index is 136. The van der Waals surface area contributed by atoms with Crippen molar-refractivity contribution >= 4 is 5.97 Å². The van der Waals surface area contributed by atoms with Crippen LogP contribution in [0.2, 0.25) is 0 Å². The van der Waals surface area contributed by atoms with Gasteiger partial charge in [0.2, 0.25) is 0 Å². The van der Waals surface area contributed by atoms with Crippen LogP contribution in [0.25, 0.3) is 0 Å². The molecule has 3 N–H and O–H groups in total. The summed E-state index contributed by atoms with van der Waals surface area (Å²) in [5.41, 5.74) is 5.40. The summed E-state index contributed by atoms with van der Waals surface area (Å²) in [5, 5.41) is 8.59. The van der Waals surface area contributed by atoms with E-state index in [1.165, 1.54) is 0 Å². The molecule has 3 nitrogen and oxygen atoms in total. The van der Waals surface area contributed by atoms with Gasteiger partial charge in [-0.05, 0) is 31.7 Å². The van der Waals surface area contributed by atoms with Crippen LogP contribution in [0.4, 0.5) is 0 Å². The Hall–Kier alpha value is -0.570. The molecule has 0 saturated heterocycles. The van der Waals surface area contributed by atoms with E-state index in [0.29, 0.717) is 12.5 Å². The molecule has 0 heterocycles. The summed E-state index contributed by atoms with van der Waals surface area (Å²) in [6.07, 6.45) is 2.59. The Morgan fingerprint density at radius 2 is 2.30 bits per heavy atom. The first kappa shape index (κ1) is 7.54. The fraction of sp³-hybridized carbons (Fsp3) is 0.857. The van der Waals surface area contributed by atoms with Crippen molar-refractivity contribution in [2.24, 2.45) is 17.6 Å². The number of hydrogen-bond acceptors (Lipinski definition) is 2. The van der Waals surface area contributed by atoms with Gasteiger partial charge in [0.25, 0.3) is 0 Å². The van der Waals surface area contributed by atoms with Gasteiger partial charge in [0.15, 0.2) is 0 Å². The molecule has 58 valence electrons. The van der Waals surface area contributed by atoms with Gasteiger partial charge in [-0.3, -0.25) is 4.79 Å². The molecule has 0 aromatic carbocycles. The van der Waals surface area contributed by atoms with Crippen molar-refractivity contribution in [3.05, 3.63) is 0 Å². The molecule has 0 spiro atoms. The highest BCUT2D eigenvalue weighted by molar-refractivity contribution is 5.70. The van der Waals surface area contributed by atoms with Gasteiger partial charge in [-0.15, -0.1) is 0 Å². The number of hydrogen-bond donors (Lipinski definition) is 2. The van der Waals surface area contributed by atoms with Crippen LogP contribution in [0.1, 0.15) is 19.3 Å². The van der Waals surface area contributed by atoms with E-state index in [-0.39, 0.29) is 5.92 Å². The standard InChI is InChI=1S/C7H13NO2/c8-4-5-1-2-6(3-5)7(9)10/h5-6H,1-4,8H2,(H,9,10)/t5-,6-/m1/s1. The van der Waals surface area contributed by atoms with Crippen molar-refractivity contribution in [3.63, 3.8) is 0 Å². The third-order valence-electron chi connectivity index (χ3n) is 2.22. The third-order valence-corrected chi connectivity index (χ3v) is 2.22. The van der Waals surface area contributed by atoms with Gasteiger partial charge < -0.3 is 10.8 Å². The fourth-order valence-electron chi connectivity index (χ4n) is 1.51. The Morgan fingerprint density at radius 3 is 2.60 bits per heavy atom. The van der Waals surface area contributed by atoms with Crippen molar-refractivity contribution in [1.82, 2.24) is 0 Å². The average Bonchev–Trinajstić information content (AvgIpc) is 2.34. The second kappa shape index (κ2) is 3.01. The monoisotopic (exact) mass is 143 g/mol. The normalized spacial score (nSPS) is 32.5. The number of carbonyl (C=O) groups is 1. The molecule has 0 aliphatic heterocycles. The van der Waals surface area contributed by atoms with Gasteiger partial charge in [-0.1, -0.05) is 0 Å². The summed E-state index contributed by atoms with van der Waals surface area (Å²) in [5.74, 6) is -0.314. The van der Waals surface area contributed by atoms with Crippen LogP contribution in [0.5, 0.6) is 0 Å². The summed E-state index contributed by atoms with van der Waals surface area (Å²) in [6.45, 7) is 0.643. The second-order valence-electron chi connectivity index (χ2n) is 2.95. The summed E-state index contributed by atoms with van der Waals surface area (Å²) in [7, 11) is 0. The quantitative estimate of drug-likeness (QED) is 0.589. The highest BCUT2D eigenvalue weighted by atomic mass is 16.4. The van der Waals surface area contributed by atoms with Gasteiger partial charge in [-0.25, -0.2) is 0 Å². The van der Waals surface area contributed by atoms with E-state index in [0.717, 1.165) is 19.3 Å². The van der Waals surface area contributed by atoms with Crippen molar-refractivity contribution in [2.45, 2.75) is 19.3 Å². The highest BCUT2D eigenvalue weighted by Crippen LogP contribution is 2.29. The van der Waals surface area contributed by atoms with Gasteiger partial charge in [0.1, 0.15) is 0 Å². The van der Waals surface area contributed by atoms with Gasteiger partial charge in [-0.2, -0.15) is 0 Å². The van der Waals surface area contributed by atoms with Crippen LogP contribution in [0.15, 0.2) is 0 Å². The molecule has 0 bridgehead atoms. The van der Waals surface area contributed by atoms with Crippen LogP contribution >= 0.6 is 0 Å². The van der Waals surface area contributed by atoms with Gasteiger partial charge in [0, 0.05) is 0 Å². The van der Waals surface area contributed by atoms with Gasteiger partial charge in [0.05, 0.1) is 5.92 Å². The van der Waals surface area contributed by atoms with Gasteiger partial charge >= 0.3 is 5.97 Å². The minimum atomic E-state index is -0.657. The number of aliphatic carboxylic acids is 1. The topological polar surface area (TPSA) is 63.3 Å². The molecule has 3 heteroatoms. The highest BCUT2D eigenvalue weighted by Gasteiger charge is 2.28. The lowest BCUT2D eigenvalue weighted by Crippen LogP contribution is -2.13. The lowest BCUT2D eigenvalue weighted by Gasteiger charge is -2.03. The van der Waals surface area contributed by atoms with E-state index in [9.17, 15) is 4.79 Å². The number of carboxylic acid groups (broad SMARTS) is 1. The first-order chi connectivity index (χ1) is 4.74. The van der Waals surface area contributed by atoms with E-state index < -0.39 is 5.97 Å². The largest absolute Gasteiger partial charge is 0.481 e. The second-order valence-corrected chi connectivity index (χ2v) is 2.95. The maximum atomic E-state index is 10.4. The van der Waals surface area contributed by atoms with Crippen LogP contribution < -0.4 is 5.73 Å². The summed E-state index contributed by atoms with van der Waals surface area (Å²) >= 11 is 0. The zero-order chi connectivity index (χ0) is 7.56. The Kier molecular flexibility index (Phi) is 2.27. The maximum Gasteiger partial charge on any atom is 0.306 e. The maximum absolute atomic E-state index is 10.4. The number of rotatable bonds is 2. The van der Waals surface area contributed by atoms with E-state index >= 15 is 0 Å². The summed E-state index contributed by atoms with van der Waals surface area (Å²) in [4.78, 5) is 10.4. The molecule has 0 aromatic heterocycles. The Morgan fingerprint density at radius 1 is 1.60 bits per heavy atom. The molecule has 2 atom stereocenters. The molecule has 10 heavy (non-hydrogen) atoms.